The van der Waals surface area contributed by atoms with Gasteiger partial charge in [0.25, 0.3) is 0 Å². The molecule has 3 fully saturated rings. The average Bonchev–Trinajstić information content (AvgIpc) is 2.43. The number of fused-ring (bicyclic) bond motifs is 3. The van der Waals surface area contributed by atoms with Gasteiger partial charge in [-0.2, -0.15) is 0 Å². The Labute approximate surface area is 128 Å². The highest BCUT2D eigenvalue weighted by molar-refractivity contribution is 6.35. The van der Waals surface area contributed by atoms with Crippen molar-refractivity contribution in [3.05, 3.63) is 33.4 Å². The van der Waals surface area contributed by atoms with Crippen molar-refractivity contribution >= 4 is 29.3 Å². The Hall–Kier alpha value is -0.900. The van der Waals surface area contributed by atoms with E-state index in [1.54, 1.807) is 13.2 Å². The highest BCUT2D eigenvalue weighted by Crippen LogP contribution is 2.39. The summed E-state index contributed by atoms with van der Waals surface area (Å²) in [4.78, 5) is 2.24. The number of aliphatic hydroxyl groups excluding tert-OH is 1. The topological polar surface area (TPSA) is 32.7 Å². The second kappa shape index (κ2) is 5.47. The van der Waals surface area contributed by atoms with Crippen LogP contribution in [0.3, 0.4) is 0 Å². The van der Waals surface area contributed by atoms with Crippen molar-refractivity contribution in [2.24, 2.45) is 5.92 Å². The fourth-order valence-corrected chi connectivity index (χ4v) is 3.73. The van der Waals surface area contributed by atoms with Gasteiger partial charge >= 0.3 is 0 Å². The molecule has 5 heteroatoms. The van der Waals surface area contributed by atoms with Crippen molar-refractivity contribution in [3.63, 3.8) is 0 Å². The van der Waals surface area contributed by atoms with Gasteiger partial charge in [0.1, 0.15) is 5.75 Å². The molecule has 0 amide bonds. The minimum atomic E-state index is -0.403. The number of aliphatic hydroxyl groups is 1. The third-order valence-electron chi connectivity index (χ3n) is 4.20. The van der Waals surface area contributed by atoms with Gasteiger partial charge in [-0.1, -0.05) is 23.2 Å². The summed E-state index contributed by atoms with van der Waals surface area (Å²) < 4.78 is 5.35. The first-order valence-electron chi connectivity index (χ1n) is 6.78. The van der Waals surface area contributed by atoms with Crippen LogP contribution in [0.25, 0.3) is 6.08 Å². The summed E-state index contributed by atoms with van der Waals surface area (Å²) in [6.45, 7) is 2.01. The number of hydrogen-bond acceptors (Lipinski definition) is 3. The molecule has 2 bridgehead atoms. The zero-order valence-corrected chi connectivity index (χ0v) is 12.8. The Morgan fingerprint density at radius 1 is 1.30 bits per heavy atom. The normalized spacial score (nSPS) is 27.2. The quantitative estimate of drug-likeness (QED) is 0.908. The lowest BCUT2D eigenvalue weighted by atomic mass is 9.83. The predicted molar refractivity (Wildman–Crippen MR) is 81.3 cm³/mol. The molecule has 0 aromatic heterocycles. The van der Waals surface area contributed by atoms with E-state index in [2.05, 4.69) is 4.90 Å². The van der Waals surface area contributed by atoms with Crippen LogP contribution in [0.15, 0.2) is 17.8 Å². The van der Waals surface area contributed by atoms with E-state index in [-0.39, 0.29) is 0 Å². The molecule has 4 rings (SSSR count). The van der Waals surface area contributed by atoms with Crippen LogP contribution in [-0.4, -0.2) is 36.3 Å². The minimum absolute atomic E-state index is 0.368. The summed E-state index contributed by atoms with van der Waals surface area (Å²) in [6, 6.07) is 3.48. The van der Waals surface area contributed by atoms with Crippen LogP contribution < -0.4 is 4.74 Å². The van der Waals surface area contributed by atoms with E-state index >= 15 is 0 Å². The number of methoxy groups -OCH3 is 1. The van der Waals surface area contributed by atoms with Crippen molar-refractivity contribution in [1.82, 2.24) is 4.90 Å². The molecule has 3 heterocycles. The van der Waals surface area contributed by atoms with E-state index in [1.165, 1.54) is 0 Å². The van der Waals surface area contributed by atoms with E-state index in [9.17, 15) is 5.11 Å². The Morgan fingerprint density at radius 3 is 2.60 bits per heavy atom. The maximum Gasteiger partial charge on any atom is 0.144 e. The summed E-state index contributed by atoms with van der Waals surface area (Å²) >= 11 is 12.2. The van der Waals surface area contributed by atoms with E-state index in [1.807, 2.05) is 12.1 Å². The van der Waals surface area contributed by atoms with Gasteiger partial charge in [-0.25, -0.2) is 0 Å². The highest BCUT2D eigenvalue weighted by Gasteiger charge is 2.36. The van der Waals surface area contributed by atoms with Crippen LogP contribution in [0.4, 0.5) is 0 Å². The molecule has 1 atom stereocenters. The lowest BCUT2D eigenvalue weighted by molar-refractivity contribution is 0.0215. The van der Waals surface area contributed by atoms with Gasteiger partial charge in [0.2, 0.25) is 0 Å². The molecule has 0 saturated carbocycles. The van der Waals surface area contributed by atoms with E-state index in [4.69, 9.17) is 27.9 Å². The summed E-state index contributed by atoms with van der Waals surface area (Å²) in [5, 5.41) is 11.5. The average molecular weight is 314 g/mol. The highest BCUT2D eigenvalue weighted by atomic mass is 35.5. The van der Waals surface area contributed by atoms with Crippen molar-refractivity contribution in [2.45, 2.75) is 18.9 Å². The number of benzene rings is 1. The number of hydrogen-bond donors (Lipinski definition) is 1. The third-order valence-corrected chi connectivity index (χ3v) is 4.70. The first kappa shape index (κ1) is 14.1. The van der Waals surface area contributed by atoms with E-state index < -0.39 is 6.10 Å². The molecule has 1 aromatic rings. The maximum atomic E-state index is 10.4. The van der Waals surface area contributed by atoms with Crippen LogP contribution in [0, 0.1) is 5.92 Å². The fourth-order valence-electron chi connectivity index (χ4n) is 3.14. The van der Waals surface area contributed by atoms with Gasteiger partial charge in [0, 0.05) is 29.4 Å². The van der Waals surface area contributed by atoms with Crippen LogP contribution in [0.5, 0.6) is 5.75 Å². The van der Waals surface area contributed by atoms with Crippen molar-refractivity contribution in [3.8, 4) is 5.75 Å². The molecule has 3 nitrogen and oxygen atoms in total. The monoisotopic (exact) mass is 313 g/mol. The molecule has 1 N–H and O–H groups in total. The standard InChI is InChI=1S/C15H17Cl2NO2/c1-20-15-10(6-11(16)8-12(15)17)7-13-14(19)9-2-4-18(13)5-3-9/h6-9,14,19H,2-5H2,1H3/b13-7-. The molecular formula is C15H17Cl2NO2. The van der Waals surface area contributed by atoms with Crippen LogP contribution in [0.1, 0.15) is 18.4 Å². The molecule has 3 aliphatic heterocycles. The maximum absolute atomic E-state index is 10.4. The van der Waals surface area contributed by atoms with Gasteiger partial charge in [-0.05, 0) is 37.0 Å². The van der Waals surface area contributed by atoms with Crippen molar-refractivity contribution in [2.75, 3.05) is 20.2 Å². The van der Waals surface area contributed by atoms with Gasteiger partial charge in [-0.15, -0.1) is 0 Å². The summed E-state index contributed by atoms with van der Waals surface area (Å²) in [7, 11) is 1.58. The molecule has 0 radical (unpaired) electrons. The molecule has 3 aliphatic rings. The Balaban J connectivity index is 2.03. The molecule has 1 unspecified atom stereocenters. The minimum Gasteiger partial charge on any atom is -0.495 e. The molecule has 108 valence electrons. The summed E-state index contributed by atoms with van der Waals surface area (Å²) in [5.41, 5.74) is 1.76. The molecular weight excluding hydrogens is 297 g/mol. The second-order valence-electron chi connectivity index (χ2n) is 5.35. The van der Waals surface area contributed by atoms with E-state index in [0.29, 0.717) is 21.7 Å². The molecule has 20 heavy (non-hydrogen) atoms. The van der Waals surface area contributed by atoms with Crippen molar-refractivity contribution in [1.29, 1.82) is 0 Å². The zero-order valence-electron chi connectivity index (χ0n) is 11.3. The Kier molecular flexibility index (Phi) is 3.85. The molecule has 3 saturated heterocycles. The van der Waals surface area contributed by atoms with Crippen LogP contribution in [0.2, 0.25) is 10.0 Å². The molecule has 1 aromatic carbocycles. The fraction of sp³-hybridized carbons (Fsp3) is 0.467. The van der Waals surface area contributed by atoms with E-state index in [0.717, 1.165) is 37.2 Å². The lowest BCUT2D eigenvalue weighted by Gasteiger charge is -2.46. The summed E-state index contributed by atoms with van der Waals surface area (Å²) in [6.07, 6.45) is 3.67. The van der Waals surface area contributed by atoms with Gasteiger partial charge in [0.05, 0.1) is 18.2 Å². The molecule has 0 spiro atoms. The first-order chi connectivity index (χ1) is 9.60. The lowest BCUT2D eigenvalue weighted by Crippen LogP contribution is -2.48. The number of halogens is 2. The van der Waals surface area contributed by atoms with Crippen LogP contribution in [-0.2, 0) is 0 Å². The predicted octanol–water partition coefficient (Wildman–Crippen LogP) is 3.43. The van der Waals surface area contributed by atoms with Gasteiger partial charge in [-0.3, -0.25) is 0 Å². The molecule has 0 aliphatic carbocycles. The Bertz CT molecular complexity index is 547. The largest absolute Gasteiger partial charge is 0.495 e. The third kappa shape index (κ3) is 2.39. The van der Waals surface area contributed by atoms with Gasteiger partial charge < -0.3 is 14.7 Å². The second-order valence-corrected chi connectivity index (χ2v) is 6.19. The number of nitrogens with zero attached hydrogens (tertiary/aromatic N) is 1. The summed E-state index contributed by atoms with van der Waals surface area (Å²) in [5.74, 6) is 0.963. The Morgan fingerprint density at radius 2 is 2.00 bits per heavy atom. The number of piperidine rings is 3. The SMILES string of the molecule is COc1c(Cl)cc(Cl)cc1/C=C1/C(O)C2CCN1CC2. The van der Waals surface area contributed by atoms with Crippen molar-refractivity contribution < 1.29 is 9.84 Å². The zero-order chi connectivity index (χ0) is 14.3. The number of rotatable bonds is 2. The first-order valence-corrected chi connectivity index (χ1v) is 7.53. The number of ether oxygens (including phenoxy) is 1. The van der Waals surface area contributed by atoms with Gasteiger partial charge in [0.15, 0.2) is 0 Å². The smallest absolute Gasteiger partial charge is 0.144 e. The van der Waals surface area contributed by atoms with Crippen LogP contribution >= 0.6 is 23.2 Å².